The first-order valence-corrected chi connectivity index (χ1v) is 8.20. The third kappa shape index (κ3) is 3.71. The van der Waals surface area contributed by atoms with E-state index in [1.165, 1.54) is 17.6 Å². The Labute approximate surface area is 142 Å². The maximum Gasteiger partial charge on any atom is 0.247 e. The van der Waals surface area contributed by atoms with E-state index >= 15 is 0 Å². The zero-order valence-corrected chi connectivity index (χ0v) is 14.0. The average molecular weight is 319 g/mol. The second-order valence-electron chi connectivity index (χ2n) is 5.46. The molecule has 0 aliphatic rings. The fourth-order valence-electron chi connectivity index (χ4n) is 2.61. The second kappa shape index (κ2) is 7.59. The molecule has 0 fully saturated rings. The van der Waals surface area contributed by atoms with Crippen LogP contribution in [0, 0.1) is 0 Å². The number of benzene rings is 2. The third-order valence-corrected chi connectivity index (χ3v) is 4.01. The zero-order chi connectivity index (χ0) is 16.8. The van der Waals surface area contributed by atoms with Gasteiger partial charge in [-0.3, -0.25) is 0 Å². The molecule has 1 heterocycles. The van der Waals surface area contributed by atoms with Crippen LogP contribution in [0.2, 0.25) is 0 Å². The van der Waals surface area contributed by atoms with Gasteiger partial charge in [0.2, 0.25) is 12.3 Å². The molecule has 0 radical (unpaired) electrons. The van der Waals surface area contributed by atoms with E-state index in [0.717, 1.165) is 24.2 Å². The van der Waals surface area contributed by atoms with Crippen molar-refractivity contribution in [1.82, 2.24) is 10.2 Å². The normalized spacial score (nSPS) is 11.1. The van der Waals surface area contributed by atoms with E-state index in [4.69, 9.17) is 4.42 Å². The van der Waals surface area contributed by atoms with Crippen molar-refractivity contribution in [2.75, 3.05) is 18.0 Å². The molecule has 0 amide bonds. The summed E-state index contributed by atoms with van der Waals surface area (Å²) < 4.78 is 5.19. The Hall–Kier alpha value is -2.88. The lowest BCUT2D eigenvalue weighted by Gasteiger charge is -2.20. The minimum absolute atomic E-state index is 0.539. The van der Waals surface area contributed by atoms with Gasteiger partial charge in [-0.05, 0) is 49.2 Å². The highest BCUT2D eigenvalue weighted by atomic mass is 16.4. The standard InChI is InChI=1S/C20H21N3O/c1-3-23(4-2)19-13-9-17(10-14-19)6-5-16-7-11-18(12-8-16)20-22-21-15-24-20/h5-15H,3-4H2,1-2H3/b6-5+. The molecule has 0 unspecified atom stereocenters. The van der Waals surface area contributed by atoms with Crippen LogP contribution >= 0.6 is 0 Å². The molecule has 122 valence electrons. The summed E-state index contributed by atoms with van der Waals surface area (Å²) in [5, 5.41) is 7.60. The maximum atomic E-state index is 5.19. The Balaban J connectivity index is 1.69. The summed E-state index contributed by atoms with van der Waals surface area (Å²) in [5.41, 5.74) is 4.51. The van der Waals surface area contributed by atoms with Gasteiger partial charge < -0.3 is 9.32 Å². The molecule has 0 saturated heterocycles. The van der Waals surface area contributed by atoms with Crippen LogP contribution in [0.4, 0.5) is 5.69 Å². The lowest BCUT2D eigenvalue weighted by atomic mass is 10.1. The van der Waals surface area contributed by atoms with Crippen molar-refractivity contribution < 1.29 is 4.42 Å². The molecule has 0 saturated carbocycles. The van der Waals surface area contributed by atoms with E-state index in [-0.39, 0.29) is 0 Å². The average Bonchev–Trinajstić information content (AvgIpc) is 3.17. The monoisotopic (exact) mass is 319 g/mol. The highest BCUT2D eigenvalue weighted by Crippen LogP contribution is 2.19. The van der Waals surface area contributed by atoms with Gasteiger partial charge in [0.15, 0.2) is 0 Å². The fraction of sp³-hybridized carbons (Fsp3) is 0.200. The highest BCUT2D eigenvalue weighted by Gasteiger charge is 2.02. The first-order chi connectivity index (χ1) is 11.8. The first-order valence-electron chi connectivity index (χ1n) is 8.20. The molecule has 0 aliphatic heterocycles. The summed E-state index contributed by atoms with van der Waals surface area (Å²) in [6.07, 6.45) is 5.56. The number of hydrogen-bond acceptors (Lipinski definition) is 4. The van der Waals surface area contributed by atoms with E-state index in [9.17, 15) is 0 Å². The van der Waals surface area contributed by atoms with Crippen molar-refractivity contribution in [2.24, 2.45) is 0 Å². The Bertz CT molecular complexity index is 771. The van der Waals surface area contributed by atoms with Crippen LogP contribution in [0.1, 0.15) is 25.0 Å². The van der Waals surface area contributed by atoms with Crippen molar-refractivity contribution >= 4 is 17.8 Å². The molecule has 0 spiro atoms. The van der Waals surface area contributed by atoms with Crippen LogP contribution in [0.5, 0.6) is 0 Å². The third-order valence-electron chi connectivity index (χ3n) is 4.01. The van der Waals surface area contributed by atoms with E-state index in [0.29, 0.717) is 5.89 Å². The summed E-state index contributed by atoms with van der Waals surface area (Å²) in [5.74, 6) is 0.539. The Kier molecular flexibility index (Phi) is 5.06. The molecule has 0 N–H and O–H groups in total. The minimum Gasteiger partial charge on any atom is -0.423 e. The molecular weight excluding hydrogens is 298 g/mol. The summed E-state index contributed by atoms with van der Waals surface area (Å²) >= 11 is 0. The summed E-state index contributed by atoms with van der Waals surface area (Å²) in [6.45, 7) is 6.40. The minimum atomic E-state index is 0.539. The van der Waals surface area contributed by atoms with Crippen LogP contribution in [-0.2, 0) is 0 Å². The van der Waals surface area contributed by atoms with Gasteiger partial charge in [-0.25, -0.2) is 0 Å². The number of aromatic nitrogens is 2. The van der Waals surface area contributed by atoms with Gasteiger partial charge in [0.1, 0.15) is 0 Å². The number of anilines is 1. The number of rotatable bonds is 6. The predicted molar refractivity (Wildman–Crippen MR) is 98.7 cm³/mol. The molecule has 0 aliphatic carbocycles. The lowest BCUT2D eigenvalue weighted by molar-refractivity contribution is 0.568. The maximum absolute atomic E-state index is 5.19. The topological polar surface area (TPSA) is 42.2 Å². The Morgan fingerprint density at radius 2 is 1.46 bits per heavy atom. The van der Waals surface area contributed by atoms with Gasteiger partial charge in [-0.1, -0.05) is 36.4 Å². The molecule has 0 atom stereocenters. The predicted octanol–water partition coefficient (Wildman–Crippen LogP) is 4.75. The van der Waals surface area contributed by atoms with E-state index in [1.54, 1.807) is 0 Å². The largest absolute Gasteiger partial charge is 0.423 e. The van der Waals surface area contributed by atoms with Crippen molar-refractivity contribution in [3.05, 3.63) is 66.1 Å². The van der Waals surface area contributed by atoms with Crippen molar-refractivity contribution in [2.45, 2.75) is 13.8 Å². The molecule has 3 rings (SSSR count). The molecule has 2 aromatic carbocycles. The molecule has 4 heteroatoms. The summed E-state index contributed by atoms with van der Waals surface area (Å²) in [4.78, 5) is 2.34. The zero-order valence-electron chi connectivity index (χ0n) is 14.0. The van der Waals surface area contributed by atoms with Gasteiger partial charge in [0, 0.05) is 24.3 Å². The molecular formula is C20H21N3O. The van der Waals surface area contributed by atoms with Crippen LogP contribution < -0.4 is 4.90 Å². The van der Waals surface area contributed by atoms with Gasteiger partial charge in [-0.15, -0.1) is 10.2 Å². The van der Waals surface area contributed by atoms with Gasteiger partial charge >= 0.3 is 0 Å². The van der Waals surface area contributed by atoms with Crippen LogP contribution in [0.3, 0.4) is 0 Å². The summed E-state index contributed by atoms with van der Waals surface area (Å²) in [6, 6.07) is 16.7. The molecule has 24 heavy (non-hydrogen) atoms. The smallest absolute Gasteiger partial charge is 0.247 e. The molecule has 3 aromatic rings. The fourth-order valence-corrected chi connectivity index (χ4v) is 2.61. The van der Waals surface area contributed by atoms with E-state index in [1.807, 2.05) is 24.3 Å². The number of hydrogen-bond donors (Lipinski definition) is 0. The number of nitrogens with zero attached hydrogens (tertiary/aromatic N) is 3. The lowest BCUT2D eigenvalue weighted by Crippen LogP contribution is -2.21. The van der Waals surface area contributed by atoms with Crippen molar-refractivity contribution in [3.63, 3.8) is 0 Å². The molecule has 4 nitrogen and oxygen atoms in total. The van der Waals surface area contributed by atoms with E-state index < -0.39 is 0 Å². The van der Waals surface area contributed by atoms with Crippen LogP contribution in [-0.4, -0.2) is 23.3 Å². The van der Waals surface area contributed by atoms with Crippen LogP contribution in [0.25, 0.3) is 23.6 Å². The Morgan fingerprint density at radius 3 is 1.96 bits per heavy atom. The van der Waals surface area contributed by atoms with Crippen LogP contribution in [0.15, 0.2) is 59.3 Å². The van der Waals surface area contributed by atoms with Gasteiger partial charge in [-0.2, -0.15) is 0 Å². The van der Waals surface area contributed by atoms with Crippen molar-refractivity contribution in [3.8, 4) is 11.5 Å². The second-order valence-corrected chi connectivity index (χ2v) is 5.46. The van der Waals surface area contributed by atoms with E-state index in [2.05, 4.69) is 65.4 Å². The molecule has 0 bridgehead atoms. The highest BCUT2D eigenvalue weighted by molar-refractivity contribution is 5.71. The van der Waals surface area contributed by atoms with Gasteiger partial charge in [0.05, 0.1) is 0 Å². The Morgan fingerprint density at radius 1 is 0.875 bits per heavy atom. The van der Waals surface area contributed by atoms with Crippen molar-refractivity contribution in [1.29, 1.82) is 0 Å². The van der Waals surface area contributed by atoms with Gasteiger partial charge in [0.25, 0.3) is 0 Å². The molecule has 1 aromatic heterocycles. The SMILES string of the molecule is CCN(CC)c1ccc(/C=C/c2ccc(-c3nnco3)cc2)cc1. The quantitative estimate of drug-likeness (QED) is 0.615. The first kappa shape index (κ1) is 16.0. The summed E-state index contributed by atoms with van der Waals surface area (Å²) in [7, 11) is 0.